The van der Waals surface area contributed by atoms with Crippen molar-refractivity contribution in [2.24, 2.45) is 16.7 Å². The van der Waals surface area contributed by atoms with Gasteiger partial charge in [-0.05, 0) is 86.9 Å². The van der Waals surface area contributed by atoms with Gasteiger partial charge in [0.2, 0.25) is 0 Å². The summed E-state index contributed by atoms with van der Waals surface area (Å²) >= 11 is 0. The van der Waals surface area contributed by atoms with Gasteiger partial charge in [-0.3, -0.25) is 0 Å². The van der Waals surface area contributed by atoms with E-state index in [-0.39, 0.29) is 17.4 Å². The minimum atomic E-state index is -1.02. The average Bonchev–Trinajstić information content (AvgIpc) is 3.52. The van der Waals surface area contributed by atoms with Crippen molar-refractivity contribution in [3.05, 3.63) is 47.4 Å². The lowest BCUT2D eigenvalue weighted by molar-refractivity contribution is -0.223. The molecule has 37 heavy (non-hydrogen) atoms. The molecular formula is C30H35N3O4. The second-order valence-corrected chi connectivity index (χ2v) is 12.6. The maximum atomic E-state index is 11.3. The number of nitriles is 1. The lowest BCUT2D eigenvalue weighted by Gasteiger charge is -2.61. The molecule has 1 aromatic carbocycles. The van der Waals surface area contributed by atoms with Crippen LogP contribution < -0.4 is 0 Å². The maximum absolute atomic E-state index is 11.3. The van der Waals surface area contributed by atoms with E-state index in [0.717, 1.165) is 47.9 Å². The van der Waals surface area contributed by atoms with Gasteiger partial charge in [0.1, 0.15) is 17.0 Å². The zero-order chi connectivity index (χ0) is 26.0. The van der Waals surface area contributed by atoms with E-state index in [1.807, 2.05) is 38.1 Å². The molecule has 2 spiro atoms. The molecule has 2 saturated carbocycles. The number of aromatic nitrogens is 1. The normalized spacial score (nSPS) is 44.2. The largest absolute Gasteiger partial charge is 0.441 e. The van der Waals surface area contributed by atoms with Gasteiger partial charge in [0.15, 0.2) is 11.5 Å². The lowest BCUT2D eigenvalue weighted by Crippen LogP contribution is -2.66. The first-order valence-electron chi connectivity index (χ1n) is 13.5. The molecular weight excluding hydrogens is 466 g/mol. The van der Waals surface area contributed by atoms with Gasteiger partial charge in [0.05, 0.1) is 23.4 Å². The third kappa shape index (κ3) is 2.77. The summed E-state index contributed by atoms with van der Waals surface area (Å²) < 4.78 is 13.1. The smallest absolute Gasteiger partial charge is 0.192 e. The van der Waals surface area contributed by atoms with Gasteiger partial charge < -0.3 is 24.3 Å². The van der Waals surface area contributed by atoms with Crippen LogP contribution >= 0.6 is 0 Å². The number of aryl methyl sites for hydroxylation is 1. The van der Waals surface area contributed by atoms with E-state index in [2.05, 4.69) is 36.2 Å². The summed E-state index contributed by atoms with van der Waals surface area (Å²) in [7, 11) is 3.88. The van der Waals surface area contributed by atoms with Gasteiger partial charge >= 0.3 is 0 Å². The summed E-state index contributed by atoms with van der Waals surface area (Å²) in [5.74, 6) is 0.812. The number of hydrogen-bond acceptors (Lipinski definition) is 7. The van der Waals surface area contributed by atoms with Crippen molar-refractivity contribution in [2.45, 2.75) is 81.8 Å². The van der Waals surface area contributed by atoms with Crippen LogP contribution in [0, 0.1) is 35.0 Å². The molecule has 1 aromatic heterocycles. The molecule has 8 unspecified atom stereocenters. The Labute approximate surface area is 217 Å². The molecule has 7 rings (SSSR count). The number of ether oxygens (including phenoxy) is 1. The van der Waals surface area contributed by atoms with Crippen LogP contribution in [0.1, 0.15) is 56.9 Å². The van der Waals surface area contributed by atoms with Gasteiger partial charge in [0, 0.05) is 18.9 Å². The van der Waals surface area contributed by atoms with Crippen LogP contribution in [0.3, 0.4) is 0 Å². The van der Waals surface area contributed by atoms with Crippen molar-refractivity contribution < 1.29 is 19.4 Å². The Morgan fingerprint density at radius 1 is 1.16 bits per heavy atom. The fraction of sp³-hybridized carbons (Fsp3) is 0.600. The molecule has 2 aliphatic heterocycles. The first-order valence-corrected chi connectivity index (χ1v) is 13.5. The Kier molecular flexibility index (Phi) is 4.67. The minimum Gasteiger partial charge on any atom is -0.441 e. The molecule has 3 heterocycles. The highest BCUT2D eigenvalue weighted by atomic mass is 16.5. The molecule has 7 heteroatoms. The van der Waals surface area contributed by atoms with E-state index < -0.39 is 28.8 Å². The molecule has 2 N–H and O–H groups in total. The number of oxazole rings is 1. The zero-order valence-corrected chi connectivity index (χ0v) is 22.0. The number of aliphatic hydroxyl groups excluding tert-OH is 2. The molecule has 0 amide bonds. The summed E-state index contributed by atoms with van der Waals surface area (Å²) in [4.78, 5) is 6.45. The second-order valence-electron chi connectivity index (χ2n) is 12.6. The van der Waals surface area contributed by atoms with Gasteiger partial charge in [-0.25, -0.2) is 4.98 Å². The summed E-state index contributed by atoms with van der Waals surface area (Å²) in [5.41, 5.74) is 2.64. The van der Waals surface area contributed by atoms with Crippen LogP contribution in [0.15, 0.2) is 40.3 Å². The number of aliphatic hydroxyl groups is 2. The SMILES string of the molecule is Cc1nc2ccc(C3=CCC4C3(C)CCC3(C#N)C=C5C(O)C(O)C(N(C)C)CC56CCC43O6)cc2o1. The van der Waals surface area contributed by atoms with Crippen molar-refractivity contribution in [3.8, 4) is 6.07 Å². The molecule has 194 valence electrons. The Morgan fingerprint density at radius 2 is 1.97 bits per heavy atom. The Hall–Kier alpha value is -2.50. The van der Waals surface area contributed by atoms with Crippen LogP contribution in [0.2, 0.25) is 0 Å². The quantitative estimate of drug-likeness (QED) is 0.597. The average molecular weight is 502 g/mol. The van der Waals surface area contributed by atoms with E-state index in [9.17, 15) is 15.5 Å². The number of nitrogens with zero attached hydrogens (tertiary/aromatic N) is 3. The van der Waals surface area contributed by atoms with E-state index >= 15 is 0 Å². The van der Waals surface area contributed by atoms with Crippen LogP contribution in [-0.4, -0.2) is 63.6 Å². The third-order valence-corrected chi connectivity index (χ3v) is 10.7. The molecule has 8 atom stereocenters. The first-order chi connectivity index (χ1) is 17.6. The summed E-state index contributed by atoms with van der Waals surface area (Å²) in [6.45, 7) is 4.21. The van der Waals surface area contributed by atoms with Crippen molar-refractivity contribution in [3.63, 3.8) is 0 Å². The van der Waals surface area contributed by atoms with E-state index in [0.29, 0.717) is 18.7 Å². The van der Waals surface area contributed by atoms with E-state index in [4.69, 9.17) is 9.15 Å². The van der Waals surface area contributed by atoms with Crippen LogP contribution in [0.25, 0.3) is 16.7 Å². The Bertz CT molecular complexity index is 1420. The predicted molar refractivity (Wildman–Crippen MR) is 138 cm³/mol. The molecule has 0 radical (unpaired) electrons. The summed E-state index contributed by atoms with van der Waals surface area (Å²) in [6.07, 6.45) is 7.02. The van der Waals surface area contributed by atoms with Crippen LogP contribution in [0.4, 0.5) is 0 Å². The molecule has 2 aromatic rings. The standard InChI is InChI=1S/C30H35N3O4/c1-17-32-21-7-5-18(13-23(21)36-17)19-6-8-24-27(19,2)9-10-28(16-31)14-20-25(34)26(35)22(33(3)4)15-29(20)11-12-30(24,28)37-29/h5-7,13-14,22,24-26,34-35H,8-12,15H2,1-4H3. The molecule has 7 nitrogen and oxygen atoms in total. The van der Waals surface area contributed by atoms with Crippen molar-refractivity contribution in [1.29, 1.82) is 5.26 Å². The number of rotatable bonds is 2. The highest BCUT2D eigenvalue weighted by Crippen LogP contribution is 2.72. The van der Waals surface area contributed by atoms with Gasteiger partial charge in [-0.15, -0.1) is 0 Å². The fourth-order valence-corrected chi connectivity index (χ4v) is 8.90. The highest BCUT2D eigenvalue weighted by molar-refractivity contribution is 5.82. The lowest BCUT2D eigenvalue weighted by atomic mass is 9.49. The summed E-state index contributed by atoms with van der Waals surface area (Å²) in [5, 5.41) is 32.9. The number of likely N-dealkylation sites (N-methyl/N-ethyl adjacent to an activating group) is 1. The fourth-order valence-electron chi connectivity index (χ4n) is 8.90. The predicted octanol–water partition coefficient (Wildman–Crippen LogP) is 4.13. The van der Waals surface area contributed by atoms with Crippen molar-refractivity contribution >= 4 is 16.7 Å². The topological polar surface area (TPSA) is 103 Å². The number of fused-ring (bicyclic) bond motifs is 2. The first kappa shape index (κ1) is 23.6. The maximum Gasteiger partial charge on any atom is 0.192 e. The molecule has 1 saturated heterocycles. The number of hydrogen-bond donors (Lipinski definition) is 2. The molecule has 2 bridgehead atoms. The number of allylic oxidation sites excluding steroid dienone is 2. The van der Waals surface area contributed by atoms with E-state index in [1.165, 1.54) is 5.57 Å². The molecule has 3 fully saturated rings. The summed E-state index contributed by atoms with van der Waals surface area (Å²) in [6, 6.07) is 8.77. The van der Waals surface area contributed by atoms with Crippen LogP contribution in [-0.2, 0) is 4.74 Å². The van der Waals surface area contributed by atoms with Crippen molar-refractivity contribution in [1.82, 2.24) is 9.88 Å². The van der Waals surface area contributed by atoms with Crippen LogP contribution in [0.5, 0.6) is 0 Å². The second kappa shape index (κ2) is 7.33. The van der Waals surface area contributed by atoms with Crippen molar-refractivity contribution in [2.75, 3.05) is 14.1 Å². The number of benzene rings is 1. The minimum absolute atomic E-state index is 0.145. The third-order valence-electron chi connectivity index (χ3n) is 10.7. The highest BCUT2D eigenvalue weighted by Gasteiger charge is 2.74. The Morgan fingerprint density at radius 3 is 2.73 bits per heavy atom. The monoisotopic (exact) mass is 501 g/mol. The van der Waals surface area contributed by atoms with Gasteiger partial charge in [-0.1, -0.05) is 25.1 Å². The van der Waals surface area contributed by atoms with E-state index in [1.54, 1.807) is 0 Å². The Balaban J connectivity index is 1.32. The molecule has 5 aliphatic rings. The van der Waals surface area contributed by atoms with Gasteiger partial charge in [-0.2, -0.15) is 5.26 Å². The van der Waals surface area contributed by atoms with Gasteiger partial charge in [0.25, 0.3) is 0 Å². The molecule has 3 aliphatic carbocycles. The zero-order valence-electron chi connectivity index (χ0n) is 22.0.